The predicted molar refractivity (Wildman–Crippen MR) is 72.4 cm³/mol. The Labute approximate surface area is 114 Å². The highest BCUT2D eigenvalue weighted by atomic mass is 35.5. The molecule has 3 atom stereocenters. The molecule has 18 heavy (non-hydrogen) atoms. The number of hydrogen-bond donors (Lipinski definition) is 1. The second kappa shape index (κ2) is 6.55. The molecule has 0 aromatic heterocycles. The minimum Gasteiger partial charge on any atom is -0.377 e. The summed E-state index contributed by atoms with van der Waals surface area (Å²) in [5.41, 5.74) is 0. The van der Waals surface area contributed by atoms with Gasteiger partial charge in [-0.15, -0.1) is 11.6 Å². The van der Waals surface area contributed by atoms with Crippen molar-refractivity contribution in [3.8, 4) is 0 Å². The van der Waals surface area contributed by atoms with Crippen molar-refractivity contribution < 1.29 is 13.2 Å². The molecule has 1 N–H and O–H groups in total. The quantitative estimate of drug-likeness (QED) is 0.638. The smallest absolute Gasteiger partial charge is 0.214 e. The lowest BCUT2D eigenvalue weighted by Gasteiger charge is -2.22. The molecule has 1 aliphatic heterocycles. The molecule has 4 nitrogen and oxygen atoms in total. The highest BCUT2D eigenvalue weighted by molar-refractivity contribution is 7.89. The van der Waals surface area contributed by atoms with Gasteiger partial charge in [-0.25, -0.2) is 13.1 Å². The van der Waals surface area contributed by atoms with Crippen molar-refractivity contribution in [3.05, 3.63) is 0 Å². The van der Waals surface area contributed by atoms with Gasteiger partial charge in [-0.1, -0.05) is 19.3 Å². The van der Waals surface area contributed by atoms with Crippen LogP contribution < -0.4 is 4.72 Å². The standard InChI is InChI=1S/C12H22ClNO3S/c13-11-6-2-1-3-7-12(11)14-18(15,16)9-10-5-4-8-17-10/h10-12,14H,1-9H2. The molecule has 0 bridgehead atoms. The van der Waals surface area contributed by atoms with Crippen LogP contribution in [0.15, 0.2) is 0 Å². The summed E-state index contributed by atoms with van der Waals surface area (Å²) in [5.74, 6) is 0.0765. The van der Waals surface area contributed by atoms with Gasteiger partial charge < -0.3 is 4.74 Å². The van der Waals surface area contributed by atoms with Crippen LogP contribution in [0, 0.1) is 0 Å². The molecule has 1 saturated carbocycles. The highest BCUT2D eigenvalue weighted by Gasteiger charge is 2.29. The Bertz CT molecular complexity index is 354. The van der Waals surface area contributed by atoms with E-state index in [4.69, 9.17) is 16.3 Å². The highest BCUT2D eigenvalue weighted by Crippen LogP contribution is 2.23. The number of sulfonamides is 1. The zero-order valence-electron chi connectivity index (χ0n) is 10.6. The minimum atomic E-state index is -3.27. The van der Waals surface area contributed by atoms with Gasteiger partial charge in [-0.3, -0.25) is 0 Å². The third-order valence-electron chi connectivity index (χ3n) is 3.69. The molecule has 1 saturated heterocycles. The summed E-state index contributed by atoms with van der Waals surface area (Å²) in [5, 5.41) is -0.0771. The Morgan fingerprint density at radius 1 is 1.11 bits per heavy atom. The van der Waals surface area contributed by atoms with E-state index < -0.39 is 10.0 Å². The summed E-state index contributed by atoms with van der Waals surface area (Å²) in [4.78, 5) is 0. The molecule has 0 radical (unpaired) electrons. The number of nitrogens with one attached hydrogen (secondary N) is 1. The lowest BCUT2D eigenvalue weighted by molar-refractivity contribution is 0.127. The SMILES string of the molecule is O=S(=O)(CC1CCCO1)NC1CCCCCC1Cl. The van der Waals surface area contributed by atoms with E-state index in [9.17, 15) is 8.42 Å². The zero-order chi connectivity index (χ0) is 13.0. The Kier molecular flexibility index (Phi) is 5.30. The Balaban J connectivity index is 1.89. The summed E-state index contributed by atoms with van der Waals surface area (Å²) in [6, 6.07) is -0.111. The van der Waals surface area contributed by atoms with Gasteiger partial charge in [0.15, 0.2) is 0 Å². The second-order valence-electron chi connectivity index (χ2n) is 5.29. The molecule has 0 amide bonds. The van der Waals surface area contributed by atoms with Crippen LogP contribution in [0.1, 0.15) is 44.9 Å². The zero-order valence-corrected chi connectivity index (χ0v) is 12.2. The van der Waals surface area contributed by atoms with Crippen molar-refractivity contribution in [3.63, 3.8) is 0 Å². The van der Waals surface area contributed by atoms with E-state index in [0.717, 1.165) is 44.9 Å². The molecule has 1 aliphatic carbocycles. The fourth-order valence-electron chi connectivity index (χ4n) is 2.69. The van der Waals surface area contributed by atoms with Gasteiger partial charge >= 0.3 is 0 Å². The predicted octanol–water partition coefficient (Wildman–Crippen LogP) is 2.02. The van der Waals surface area contributed by atoms with Crippen LogP contribution in [-0.4, -0.2) is 38.3 Å². The third-order valence-corrected chi connectivity index (χ3v) is 5.69. The number of alkyl halides is 1. The monoisotopic (exact) mass is 295 g/mol. The third kappa shape index (κ3) is 4.37. The van der Waals surface area contributed by atoms with Crippen LogP contribution in [0.3, 0.4) is 0 Å². The lowest BCUT2D eigenvalue weighted by Crippen LogP contribution is -2.43. The maximum absolute atomic E-state index is 12.1. The van der Waals surface area contributed by atoms with Gasteiger partial charge in [0, 0.05) is 18.0 Å². The van der Waals surface area contributed by atoms with Crippen LogP contribution in [-0.2, 0) is 14.8 Å². The van der Waals surface area contributed by atoms with Crippen LogP contribution in [0.5, 0.6) is 0 Å². The van der Waals surface area contributed by atoms with E-state index in [1.54, 1.807) is 0 Å². The Hall–Kier alpha value is 0.160. The van der Waals surface area contributed by atoms with E-state index in [2.05, 4.69) is 4.72 Å². The maximum atomic E-state index is 12.1. The Morgan fingerprint density at radius 2 is 1.89 bits per heavy atom. The van der Waals surface area contributed by atoms with Crippen molar-refractivity contribution in [1.82, 2.24) is 4.72 Å². The number of ether oxygens (including phenoxy) is 1. The molecule has 106 valence electrons. The molecule has 0 aromatic rings. The van der Waals surface area contributed by atoms with Crippen molar-refractivity contribution in [2.75, 3.05) is 12.4 Å². The average Bonchev–Trinajstić information content (AvgIpc) is 2.70. The van der Waals surface area contributed by atoms with Gasteiger partial charge in [0.25, 0.3) is 0 Å². The topological polar surface area (TPSA) is 55.4 Å². The summed E-state index contributed by atoms with van der Waals surface area (Å²) in [7, 11) is -3.27. The van der Waals surface area contributed by atoms with Crippen LogP contribution in [0.4, 0.5) is 0 Å². The first-order valence-electron chi connectivity index (χ1n) is 6.82. The summed E-state index contributed by atoms with van der Waals surface area (Å²) < 4.78 is 32.3. The first-order valence-corrected chi connectivity index (χ1v) is 8.91. The van der Waals surface area contributed by atoms with Crippen LogP contribution >= 0.6 is 11.6 Å². The summed E-state index contributed by atoms with van der Waals surface area (Å²) in [6.45, 7) is 0.682. The van der Waals surface area contributed by atoms with Gasteiger partial charge in [0.05, 0.1) is 11.9 Å². The molecule has 0 spiro atoms. The van der Waals surface area contributed by atoms with Gasteiger partial charge in [0.2, 0.25) is 10.0 Å². The minimum absolute atomic E-state index is 0.0765. The van der Waals surface area contributed by atoms with Crippen molar-refractivity contribution in [2.24, 2.45) is 0 Å². The van der Waals surface area contributed by atoms with Crippen LogP contribution in [0.2, 0.25) is 0 Å². The Morgan fingerprint density at radius 3 is 2.61 bits per heavy atom. The van der Waals surface area contributed by atoms with Gasteiger partial charge in [0.1, 0.15) is 0 Å². The van der Waals surface area contributed by atoms with E-state index in [-0.39, 0.29) is 23.3 Å². The van der Waals surface area contributed by atoms with E-state index >= 15 is 0 Å². The molecule has 2 fully saturated rings. The lowest BCUT2D eigenvalue weighted by atomic mass is 10.1. The normalized spacial score (nSPS) is 34.4. The average molecular weight is 296 g/mol. The maximum Gasteiger partial charge on any atom is 0.214 e. The second-order valence-corrected chi connectivity index (χ2v) is 7.65. The number of hydrogen-bond acceptors (Lipinski definition) is 3. The molecule has 2 aliphatic rings. The number of halogens is 1. The molecule has 3 unspecified atom stereocenters. The first-order chi connectivity index (χ1) is 8.57. The molecule has 1 heterocycles. The van der Waals surface area contributed by atoms with E-state index in [1.165, 1.54) is 0 Å². The van der Waals surface area contributed by atoms with Crippen molar-refractivity contribution >= 4 is 21.6 Å². The molecular weight excluding hydrogens is 274 g/mol. The fraction of sp³-hybridized carbons (Fsp3) is 1.00. The molecular formula is C12H22ClNO3S. The van der Waals surface area contributed by atoms with Crippen molar-refractivity contribution in [1.29, 1.82) is 0 Å². The summed E-state index contributed by atoms with van der Waals surface area (Å²) >= 11 is 6.25. The van der Waals surface area contributed by atoms with Gasteiger partial charge in [-0.05, 0) is 25.7 Å². The largest absolute Gasteiger partial charge is 0.377 e. The molecule has 0 aromatic carbocycles. The van der Waals surface area contributed by atoms with E-state index in [0.29, 0.717) is 6.61 Å². The van der Waals surface area contributed by atoms with Crippen molar-refractivity contribution in [2.45, 2.75) is 62.5 Å². The number of rotatable bonds is 4. The fourth-order valence-corrected chi connectivity index (χ4v) is 4.70. The first kappa shape index (κ1) is 14.6. The molecule has 2 rings (SSSR count). The van der Waals surface area contributed by atoms with Gasteiger partial charge in [-0.2, -0.15) is 0 Å². The van der Waals surface area contributed by atoms with E-state index in [1.807, 2.05) is 0 Å². The van der Waals surface area contributed by atoms with Crippen LogP contribution in [0.25, 0.3) is 0 Å². The molecule has 6 heteroatoms. The summed E-state index contributed by atoms with van der Waals surface area (Å²) in [6.07, 6.45) is 6.70.